The molecular weight excluding hydrogens is 342 g/mol. The van der Waals surface area contributed by atoms with Crippen molar-refractivity contribution in [1.29, 1.82) is 0 Å². The Morgan fingerprint density at radius 2 is 2.27 bits per heavy atom. The summed E-state index contributed by atoms with van der Waals surface area (Å²) in [5.74, 6) is -1.20. The molecule has 1 aromatic heterocycles. The van der Waals surface area contributed by atoms with Crippen molar-refractivity contribution >= 4 is 40.2 Å². The van der Waals surface area contributed by atoms with Crippen LogP contribution >= 0.6 is 34.2 Å². The fraction of sp³-hybridized carbons (Fsp3) is 0.250. The zero-order valence-electron chi connectivity index (χ0n) is 7.18. The number of carboxylic acids is 1. The minimum absolute atomic E-state index is 0.0226. The van der Waals surface area contributed by atoms with Gasteiger partial charge in [0.15, 0.2) is 0 Å². The first-order chi connectivity index (χ1) is 6.93. The normalized spacial score (nSPS) is 10.7. The number of nitrogens with zero attached hydrogens (tertiary/aromatic N) is 1. The van der Waals surface area contributed by atoms with E-state index in [1.807, 2.05) is 0 Å². The number of alkyl halides is 2. The Morgan fingerprint density at radius 3 is 2.73 bits per heavy atom. The van der Waals surface area contributed by atoms with E-state index in [-0.39, 0.29) is 14.3 Å². The van der Waals surface area contributed by atoms with Crippen molar-refractivity contribution in [1.82, 2.24) is 4.98 Å². The van der Waals surface area contributed by atoms with Gasteiger partial charge in [0.25, 0.3) is 6.43 Å². The second-order valence-electron chi connectivity index (χ2n) is 2.66. The molecule has 1 rings (SSSR count). The Hall–Kier alpha value is -0.500. The molecule has 1 N–H and O–H groups in total. The summed E-state index contributed by atoms with van der Waals surface area (Å²) in [6.07, 6.45) is -2.22. The number of aliphatic carboxylic acids is 1. The van der Waals surface area contributed by atoms with E-state index < -0.39 is 24.4 Å². The fourth-order valence-corrected chi connectivity index (χ4v) is 1.94. The van der Waals surface area contributed by atoms with Gasteiger partial charge in [0.05, 0.1) is 11.4 Å². The molecule has 0 aliphatic carbocycles. The third kappa shape index (κ3) is 2.97. The van der Waals surface area contributed by atoms with E-state index in [1.54, 1.807) is 22.6 Å². The highest BCUT2D eigenvalue weighted by atomic mass is 127. The Bertz CT molecular complexity index is 400. The quantitative estimate of drug-likeness (QED) is 0.676. The molecule has 0 saturated heterocycles. The van der Waals surface area contributed by atoms with E-state index in [1.165, 1.54) is 0 Å². The van der Waals surface area contributed by atoms with Gasteiger partial charge in [-0.15, -0.1) is 0 Å². The van der Waals surface area contributed by atoms with Gasteiger partial charge in [0.2, 0.25) is 0 Å². The number of pyridine rings is 1. The average molecular weight is 347 g/mol. The highest BCUT2D eigenvalue weighted by molar-refractivity contribution is 14.1. The van der Waals surface area contributed by atoms with E-state index in [0.29, 0.717) is 0 Å². The van der Waals surface area contributed by atoms with E-state index in [2.05, 4.69) is 4.98 Å². The number of aromatic nitrogens is 1. The molecule has 15 heavy (non-hydrogen) atoms. The minimum atomic E-state index is -2.80. The maximum atomic E-state index is 12.6. The summed E-state index contributed by atoms with van der Waals surface area (Å²) in [6, 6.07) is 0. The maximum Gasteiger partial charge on any atom is 0.307 e. The van der Waals surface area contributed by atoms with Crippen LogP contribution in [0.15, 0.2) is 6.20 Å². The molecule has 0 fully saturated rings. The summed E-state index contributed by atoms with van der Waals surface area (Å²) < 4.78 is 25.5. The van der Waals surface area contributed by atoms with Crippen LogP contribution in [0.5, 0.6) is 0 Å². The van der Waals surface area contributed by atoms with E-state index in [0.717, 1.165) is 6.20 Å². The van der Waals surface area contributed by atoms with Crippen molar-refractivity contribution in [3.05, 3.63) is 26.0 Å². The topological polar surface area (TPSA) is 50.2 Å². The molecular formula is C8H5ClF2INO2. The molecule has 0 amide bonds. The maximum absolute atomic E-state index is 12.6. The van der Waals surface area contributed by atoms with Crippen LogP contribution in [-0.4, -0.2) is 16.1 Å². The largest absolute Gasteiger partial charge is 0.481 e. The molecule has 1 aromatic rings. The lowest BCUT2D eigenvalue weighted by molar-refractivity contribution is -0.136. The lowest BCUT2D eigenvalue weighted by Crippen LogP contribution is -2.08. The van der Waals surface area contributed by atoms with Gasteiger partial charge < -0.3 is 5.11 Å². The Labute approximate surface area is 103 Å². The van der Waals surface area contributed by atoms with Gasteiger partial charge in [-0.05, 0) is 22.6 Å². The predicted octanol–water partition coefficient (Wildman–Crippen LogP) is 2.90. The Kier molecular flexibility index (Phi) is 4.21. The molecule has 0 spiro atoms. The Balaban J connectivity index is 3.31. The average Bonchev–Trinajstić information content (AvgIpc) is 2.10. The van der Waals surface area contributed by atoms with Crippen LogP contribution in [0, 0.1) is 3.70 Å². The summed E-state index contributed by atoms with van der Waals surface area (Å²) in [4.78, 5) is 14.2. The number of hydrogen-bond donors (Lipinski definition) is 1. The van der Waals surface area contributed by atoms with Gasteiger partial charge in [-0.3, -0.25) is 4.79 Å². The number of halogens is 4. The minimum Gasteiger partial charge on any atom is -0.481 e. The third-order valence-electron chi connectivity index (χ3n) is 1.67. The molecule has 1 heterocycles. The lowest BCUT2D eigenvalue weighted by atomic mass is 10.1. The summed E-state index contributed by atoms with van der Waals surface area (Å²) in [5.41, 5.74) is -0.468. The first-order valence-electron chi connectivity index (χ1n) is 3.76. The van der Waals surface area contributed by atoms with Gasteiger partial charge >= 0.3 is 5.97 Å². The summed E-state index contributed by atoms with van der Waals surface area (Å²) in [7, 11) is 0. The molecule has 3 nitrogen and oxygen atoms in total. The molecule has 0 bridgehead atoms. The van der Waals surface area contributed by atoms with Crippen LogP contribution < -0.4 is 0 Å². The van der Waals surface area contributed by atoms with Crippen LogP contribution in [0.1, 0.15) is 17.6 Å². The standard InChI is InChI=1S/C8H5ClF2INO2/c9-4-2-13-8(12)3(1-5(14)15)6(4)7(10)11/h2,7H,1H2,(H,14,15). The molecule has 0 unspecified atom stereocenters. The fourth-order valence-electron chi connectivity index (χ4n) is 1.07. The van der Waals surface area contributed by atoms with Gasteiger partial charge in [0, 0.05) is 17.3 Å². The molecule has 0 aliphatic rings. The third-order valence-corrected chi connectivity index (χ3v) is 2.90. The molecule has 82 valence electrons. The zero-order valence-corrected chi connectivity index (χ0v) is 10.1. The monoisotopic (exact) mass is 347 g/mol. The summed E-state index contributed by atoms with van der Waals surface area (Å²) in [5, 5.41) is 8.36. The molecule has 0 saturated carbocycles. The smallest absolute Gasteiger partial charge is 0.307 e. The zero-order chi connectivity index (χ0) is 11.6. The van der Waals surface area contributed by atoms with Crippen molar-refractivity contribution in [2.45, 2.75) is 12.8 Å². The highest BCUT2D eigenvalue weighted by Crippen LogP contribution is 2.32. The van der Waals surface area contributed by atoms with Crippen LogP contribution in [0.3, 0.4) is 0 Å². The summed E-state index contributed by atoms with van der Waals surface area (Å²) >= 11 is 7.24. The van der Waals surface area contributed by atoms with Crippen molar-refractivity contribution < 1.29 is 18.7 Å². The Morgan fingerprint density at radius 1 is 1.67 bits per heavy atom. The number of carbonyl (C=O) groups is 1. The van der Waals surface area contributed by atoms with Crippen molar-refractivity contribution in [3.8, 4) is 0 Å². The van der Waals surface area contributed by atoms with Gasteiger partial charge in [0.1, 0.15) is 3.70 Å². The second kappa shape index (κ2) is 5.02. The lowest BCUT2D eigenvalue weighted by Gasteiger charge is -2.10. The predicted molar refractivity (Wildman–Crippen MR) is 58.3 cm³/mol. The van der Waals surface area contributed by atoms with Gasteiger partial charge in [-0.25, -0.2) is 13.8 Å². The van der Waals surface area contributed by atoms with E-state index >= 15 is 0 Å². The molecule has 7 heteroatoms. The van der Waals surface area contributed by atoms with Crippen LogP contribution in [-0.2, 0) is 11.2 Å². The molecule has 0 aromatic carbocycles. The molecule has 0 aliphatic heterocycles. The molecule has 0 atom stereocenters. The SMILES string of the molecule is O=C(O)Cc1c(I)ncc(Cl)c1C(F)F. The van der Waals surface area contributed by atoms with Crippen LogP contribution in [0.4, 0.5) is 8.78 Å². The van der Waals surface area contributed by atoms with Crippen molar-refractivity contribution in [2.75, 3.05) is 0 Å². The number of hydrogen-bond acceptors (Lipinski definition) is 2. The van der Waals surface area contributed by atoms with Gasteiger partial charge in [-0.1, -0.05) is 11.6 Å². The molecule has 0 radical (unpaired) electrons. The summed E-state index contributed by atoms with van der Waals surface area (Å²) in [6.45, 7) is 0. The van der Waals surface area contributed by atoms with Crippen LogP contribution in [0.2, 0.25) is 5.02 Å². The first kappa shape index (κ1) is 12.6. The number of carboxylic acid groups (broad SMARTS) is 1. The number of rotatable bonds is 3. The van der Waals surface area contributed by atoms with E-state index in [9.17, 15) is 13.6 Å². The van der Waals surface area contributed by atoms with Crippen LogP contribution in [0.25, 0.3) is 0 Å². The van der Waals surface area contributed by atoms with Gasteiger partial charge in [-0.2, -0.15) is 0 Å². The van der Waals surface area contributed by atoms with Crippen molar-refractivity contribution in [2.24, 2.45) is 0 Å². The highest BCUT2D eigenvalue weighted by Gasteiger charge is 2.21. The van der Waals surface area contributed by atoms with Crippen molar-refractivity contribution in [3.63, 3.8) is 0 Å². The first-order valence-corrected chi connectivity index (χ1v) is 5.22. The second-order valence-corrected chi connectivity index (χ2v) is 4.09. The van der Waals surface area contributed by atoms with E-state index in [4.69, 9.17) is 16.7 Å².